The summed E-state index contributed by atoms with van der Waals surface area (Å²) < 4.78 is 12.8. The number of hydrogen-bond acceptors (Lipinski definition) is 3. The topological polar surface area (TPSA) is 73.5 Å². The van der Waals surface area contributed by atoms with Gasteiger partial charge in [0, 0.05) is 31.2 Å². The molecule has 140 valence electrons. The number of nitrogens with one attached hydrogen (secondary N) is 3. The SMILES string of the molecule is CNCCCC(=O)N1CCC(NC(=O)Nc2ccc(F)cc2)CC1.Cl. The zero-order valence-corrected chi connectivity index (χ0v) is 15.2. The summed E-state index contributed by atoms with van der Waals surface area (Å²) in [6.07, 6.45) is 2.89. The summed E-state index contributed by atoms with van der Waals surface area (Å²) in [7, 11) is 1.87. The standard InChI is InChI=1S/C17H25FN4O2.ClH/c1-19-10-2-3-16(23)22-11-8-15(9-12-22)21-17(24)20-14-6-4-13(18)5-7-14;/h4-7,15,19H,2-3,8-12H2,1H3,(H2,20,21,24);1H. The van der Waals surface area contributed by atoms with E-state index in [1.54, 1.807) is 0 Å². The number of urea groups is 1. The third-order valence-corrected chi connectivity index (χ3v) is 4.10. The number of nitrogens with zero attached hydrogens (tertiary/aromatic N) is 1. The van der Waals surface area contributed by atoms with E-state index in [2.05, 4.69) is 16.0 Å². The van der Waals surface area contributed by atoms with Crippen molar-refractivity contribution in [3.05, 3.63) is 30.1 Å². The highest BCUT2D eigenvalue weighted by molar-refractivity contribution is 5.89. The molecule has 0 aliphatic carbocycles. The van der Waals surface area contributed by atoms with Gasteiger partial charge in [0.2, 0.25) is 5.91 Å². The maximum Gasteiger partial charge on any atom is 0.319 e. The van der Waals surface area contributed by atoms with Crippen molar-refractivity contribution in [2.75, 3.05) is 32.0 Å². The predicted octanol–water partition coefficient (Wildman–Crippen LogP) is 2.36. The normalized spacial score (nSPS) is 14.6. The first-order chi connectivity index (χ1) is 11.6. The van der Waals surface area contributed by atoms with Gasteiger partial charge in [0.15, 0.2) is 0 Å². The lowest BCUT2D eigenvalue weighted by molar-refractivity contribution is -0.132. The number of benzene rings is 1. The van der Waals surface area contributed by atoms with E-state index in [4.69, 9.17) is 0 Å². The summed E-state index contributed by atoms with van der Waals surface area (Å²) in [5.41, 5.74) is 0.547. The van der Waals surface area contributed by atoms with E-state index >= 15 is 0 Å². The van der Waals surface area contributed by atoms with Crippen LogP contribution in [0.1, 0.15) is 25.7 Å². The quantitative estimate of drug-likeness (QED) is 0.671. The molecule has 1 aromatic carbocycles. The average molecular weight is 373 g/mol. The maximum atomic E-state index is 12.8. The molecule has 2 rings (SSSR count). The second-order valence-electron chi connectivity index (χ2n) is 5.97. The molecule has 1 aliphatic rings. The van der Waals surface area contributed by atoms with Crippen LogP contribution in [0.25, 0.3) is 0 Å². The molecule has 3 amide bonds. The lowest BCUT2D eigenvalue weighted by Crippen LogP contribution is -2.47. The second-order valence-corrected chi connectivity index (χ2v) is 5.97. The van der Waals surface area contributed by atoms with Crippen molar-refractivity contribution < 1.29 is 14.0 Å². The number of hydrogen-bond donors (Lipinski definition) is 3. The van der Waals surface area contributed by atoms with E-state index in [0.717, 1.165) is 25.8 Å². The molecule has 0 spiro atoms. The van der Waals surface area contributed by atoms with Gasteiger partial charge in [0.05, 0.1) is 0 Å². The Bertz CT molecular complexity index is 548. The van der Waals surface area contributed by atoms with Gasteiger partial charge < -0.3 is 20.9 Å². The Morgan fingerprint density at radius 2 is 1.84 bits per heavy atom. The average Bonchev–Trinajstić information content (AvgIpc) is 2.58. The van der Waals surface area contributed by atoms with Crippen LogP contribution < -0.4 is 16.0 Å². The molecule has 1 aliphatic heterocycles. The number of rotatable bonds is 6. The van der Waals surface area contributed by atoms with E-state index < -0.39 is 0 Å². The smallest absolute Gasteiger partial charge is 0.319 e. The summed E-state index contributed by atoms with van der Waals surface area (Å²) >= 11 is 0. The van der Waals surface area contributed by atoms with Gasteiger partial charge in [-0.25, -0.2) is 9.18 Å². The number of piperidine rings is 1. The summed E-state index contributed by atoms with van der Waals surface area (Å²) in [6, 6.07) is 5.37. The van der Waals surface area contributed by atoms with Crippen LogP contribution in [-0.4, -0.2) is 49.6 Å². The monoisotopic (exact) mass is 372 g/mol. The molecule has 0 unspecified atom stereocenters. The van der Waals surface area contributed by atoms with Crippen molar-refractivity contribution in [1.29, 1.82) is 0 Å². The molecule has 3 N–H and O–H groups in total. The van der Waals surface area contributed by atoms with Gasteiger partial charge in [-0.1, -0.05) is 0 Å². The molecular weight excluding hydrogens is 347 g/mol. The van der Waals surface area contributed by atoms with Crippen LogP contribution in [0.3, 0.4) is 0 Å². The highest BCUT2D eigenvalue weighted by Crippen LogP contribution is 2.13. The first-order valence-corrected chi connectivity index (χ1v) is 8.34. The highest BCUT2D eigenvalue weighted by atomic mass is 35.5. The van der Waals surface area contributed by atoms with E-state index in [1.807, 2.05) is 11.9 Å². The summed E-state index contributed by atoms with van der Waals surface area (Å²) in [4.78, 5) is 25.9. The number of carbonyl (C=O) groups excluding carboxylic acids is 2. The Hall–Kier alpha value is -1.86. The van der Waals surface area contributed by atoms with Gasteiger partial charge in [-0.15, -0.1) is 12.4 Å². The molecule has 6 nitrogen and oxygen atoms in total. The largest absolute Gasteiger partial charge is 0.343 e. The van der Waals surface area contributed by atoms with Crippen LogP contribution in [0.15, 0.2) is 24.3 Å². The minimum absolute atomic E-state index is 0. The number of anilines is 1. The van der Waals surface area contributed by atoms with Crippen molar-refractivity contribution in [2.45, 2.75) is 31.7 Å². The van der Waals surface area contributed by atoms with E-state index in [1.165, 1.54) is 24.3 Å². The highest BCUT2D eigenvalue weighted by Gasteiger charge is 2.23. The summed E-state index contributed by atoms with van der Waals surface area (Å²) in [6.45, 7) is 2.17. The third kappa shape index (κ3) is 7.27. The van der Waals surface area contributed by atoms with Gasteiger partial charge in [-0.05, 0) is 57.1 Å². The van der Waals surface area contributed by atoms with Gasteiger partial charge in [0.1, 0.15) is 5.82 Å². The van der Waals surface area contributed by atoms with E-state index in [-0.39, 0.29) is 36.2 Å². The zero-order chi connectivity index (χ0) is 17.4. The molecule has 0 atom stereocenters. The zero-order valence-electron chi connectivity index (χ0n) is 14.4. The maximum absolute atomic E-state index is 12.8. The van der Waals surface area contributed by atoms with Crippen LogP contribution in [0.2, 0.25) is 0 Å². The van der Waals surface area contributed by atoms with Crippen LogP contribution in [0.4, 0.5) is 14.9 Å². The van der Waals surface area contributed by atoms with Crippen molar-refractivity contribution in [3.63, 3.8) is 0 Å². The van der Waals surface area contributed by atoms with Gasteiger partial charge >= 0.3 is 6.03 Å². The van der Waals surface area contributed by atoms with Gasteiger partial charge in [-0.3, -0.25) is 4.79 Å². The van der Waals surface area contributed by atoms with Crippen LogP contribution in [0, 0.1) is 5.82 Å². The Kier molecular flexibility index (Phi) is 9.23. The molecule has 1 saturated heterocycles. The Balaban J connectivity index is 0.00000312. The molecule has 25 heavy (non-hydrogen) atoms. The Morgan fingerprint density at radius 3 is 2.44 bits per heavy atom. The van der Waals surface area contributed by atoms with Gasteiger partial charge in [-0.2, -0.15) is 0 Å². The molecule has 1 fully saturated rings. The third-order valence-electron chi connectivity index (χ3n) is 4.10. The first-order valence-electron chi connectivity index (χ1n) is 8.34. The molecule has 0 saturated carbocycles. The number of likely N-dealkylation sites (tertiary alicyclic amines) is 1. The fourth-order valence-corrected chi connectivity index (χ4v) is 2.73. The van der Waals surface area contributed by atoms with Crippen LogP contribution in [-0.2, 0) is 4.79 Å². The van der Waals surface area contributed by atoms with Crippen LogP contribution in [0.5, 0.6) is 0 Å². The summed E-state index contributed by atoms with van der Waals surface area (Å²) in [5.74, 6) is -0.160. The fourth-order valence-electron chi connectivity index (χ4n) is 2.73. The molecule has 0 bridgehead atoms. The molecular formula is C17H26ClFN4O2. The van der Waals surface area contributed by atoms with E-state index in [0.29, 0.717) is 25.2 Å². The second kappa shape index (κ2) is 10.9. The van der Waals surface area contributed by atoms with Crippen molar-refractivity contribution >= 4 is 30.0 Å². The van der Waals surface area contributed by atoms with Crippen molar-refractivity contribution in [3.8, 4) is 0 Å². The van der Waals surface area contributed by atoms with Crippen molar-refractivity contribution in [2.24, 2.45) is 0 Å². The first kappa shape index (κ1) is 21.2. The summed E-state index contributed by atoms with van der Waals surface area (Å²) in [5, 5.41) is 8.61. The fraction of sp³-hybridized carbons (Fsp3) is 0.529. The Labute approximate surface area is 153 Å². The van der Waals surface area contributed by atoms with E-state index in [9.17, 15) is 14.0 Å². The minimum atomic E-state index is -0.340. The molecule has 0 radical (unpaired) electrons. The predicted molar refractivity (Wildman–Crippen MR) is 98.6 cm³/mol. The lowest BCUT2D eigenvalue weighted by atomic mass is 10.0. The lowest BCUT2D eigenvalue weighted by Gasteiger charge is -2.32. The number of amides is 3. The molecule has 1 heterocycles. The van der Waals surface area contributed by atoms with Crippen molar-refractivity contribution in [1.82, 2.24) is 15.5 Å². The molecule has 1 aromatic rings. The minimum Gasteiger partial charge on any atom is -0.343 e. The Morgan fingerprint density at radius 1 is 1.20 bits per heavy atom. The molecule has 0 aromatic heterocycles. The molecule has 8 heteroatoms. The van der Waals surface area contributed by atoms with Gasteiger partial charge in [0.25, 0.3) is 0 Å². The number of halogens is 2. The number of carbonyl (C=O) groups is 2. The van der Waals surface area contributed by atoms with Crippen LogP contribution >= 0.6 is 12.4 Å².